The summed E-state index contributed by atoms with van der Waals surface area (Å²) in [6.07, 6.45) is 11.4. The van der Waals surface area contributed by atoms with Gasteiger partial charge in [-0.25, -0.2) is 0 Å². The lowest BCUT2D eigenvalue weighted by Crippen LogP contribution is -2.45. The molecule has 0 aromatic heterocycles. The number of hydrogen-bond acceptors (Lipinski definition) is 4. The van der Waals surface area contributed by atoms with Crippen LogP contribution >= 0.6 is 8.58 Å². The van der Waals surface area contributed by atoms with Crippen LogP contribution in [0.25, 0.3) is 0 Å². The van der Waals surface area contributed by atoms with Gasteiger partial charge in [-0.05, 0) is 110 Å². The van der Waals surface area contributed by atoms with Gasteiger partial charge in [-0.2, -0.15) is 0 Å². The average Bonchev–Trinajstić information content (AvgIpc) is 3.22. The maximum Gasteiger partial charge on any atom is 0.0410 e. The van der Waals surface area contributed by atoms with Crippen molar-refractivity contribution in [1.82, 2.24) is 9.80 Å². The van der Waals surface area contributed by atoms with Crippen LogP contribution in [0, 0.1) is 0 Å². The third kappa shape index (κ3) is 11.2. The molecule has 0 atom stereocenters. The van der Waals surface area contributed by atoms with Crippen LogP contribution in [-0.2, 0) is 25.2 Å². The van der Waals surface area contributed by atoms with E-state index in [1.165, 1.54) is 83.0 Å². The van der Waals surface area contributed by atoms with Crippen molar-refractivity contribution in [2.75, 3.05) is 49.1 Å². The Morgan fingerprint density at radius 1 is 0.528 bits per heavy atom. The van der Waals surface area contributed by atoms with Crippen LogP contribution < -0.4 is 9.80 Å². The fourth-order valence-electron chi connectivity index (χ4n) is 8.20. The Bertz CT molecular complexity index is 1540. The number of rotatable bonds is 18. The molecule has 2 aliphatic heterocycles. The van der Waals surface area contributed by atoms with E-state index in [1.54, 1.807) is 0 Å². The first-order valence-electron chi connectivity index (χ1n) is 20.4. The zero-order valence-corrected chi connectivity index (χ0v) is 33.6. The number of hydrogen-bond donors (Lipinski definition) is 0. The molecule has 0 N–H and O–H groups in total. The van der Waals surface area contributed by atoms with Crippen LogP contribution in [0.15, 0.2) is 134 Å². The van der Waals surface area contributed by atoms with Gasteiger partial charge in [-0.3, -0.25) is 0 Å². The molecule has 2 heterocycles. The highest BCUT2D eigenvalue weighted by Gasteiger charge is 2.27. The van der Waals surface area contributed by atoms with Gasteiger partial charge in [0.15, 0.2) is 0 Å². The van der Waals surface area contributed by atoms with Crippen molar-refractivity contribution in [2.24, 2.45) is 0 Å². The van der Waals surface area contributed by atoms with E-state index in [4.69, 9.17) is 0 Å². The largest absolute Gasteiger partial charge is 0.343 e. The molecule has 4 aromatic rings. The van der Waals surface area contributed by atoms with Gasteiger partial charge in [-0.1, -0.05) is 112 Å². The minimum absolute atomic E-state index is 0.544. The molecule has 6 rings (SSSR count). The topological polar surface area (TPSA) is 13.0 Å². The lowest BCUT2D eigenvalue weighted by Gasteiger charge is -2.40. The Morgan fingerprint density at radius 2 is 0.868 bits per heavy atom. The Kier molecular flexibility index (Phi) is 14.8. The first kappa shape index (κ1) is 39.0. The van der Waals surface area contributed by atoms with Gasteiger partial charge in [-0.15, -0.1) is 8.58 Å². The van der Waals surface area contributed by atoms with E-state index in [-0.39, 0.29) is 0 Å². The molecule has 0 radical (unpaired) electrons. The molecule has 0 amide bonds. The maximum absolute atomic E-state index is 4.41. The van der Waals surface area contributed by atoms with E-state index in [1.807, 2.05) is 0 Å². The van der Waals surface area contributed by atoms with Gasteiger partial charge in [0.2, 0.25) is 0 Å². The summed E-state index contributed by atoms with van der Waals surface area (Å²) in [5.41, 5.74) is 10.9. The zero-order chi connectivity index (χ0) is 36.8. The standard InChI is InChI=1S/C48H63N4P/c1-5-39(3)51(45-13-9-7-10-14-45)47-27-33-49(34-28-47)31-25-41-17-21-43(22-18-41)37-53-38-44-23-19-42(20-24-44)26-32-50-35-29-48(30-36-50)52(40(4)6-2)46-15-11-8-12-16-46/h7-24,47-48,53H,3-6,25-38H2,1-2H3. The molecule has 2 saturated heterocycles. The van der Waals surface area contributed by atoms with Gasteiger partial charge < -0.3 is 19.6 Å². The zero-order valence-electron chi connectivity index (χ0n) is 32.6. The van der Waals surface area contributed by atoms with Gasteiger partial charge >= 0.3 is 0 Å². The summed E-state index contributed by atoms with van der Waals surface area (Å²) in [6, 6.07) is 41.7. The van der Waals surface area contributed by atoms with Crippen LogP contribution in [0.5, 0.6) is 0 Å². The Labute approximate surface area is 323 Å². The monoisotopic (exact) mass is 726 g/mol. The van der Waals surface area contributed by atoms with Crippen molar-refractivity contribution in [3.63, 3.8) is 0 Å². The van der Waals surface area contributed by atoms with E-state index in [2.05, 4.69) is 156 Å². The highest BCUT2D eigenvalue weighted by atomic mass is 31.1. The van der Waals surface area contributed by atoms with Crippen LogP contribution in [0.2, 0.25) is 0 Å². The Morgan fingerprint density at radius 3 is 1.21 bits per heavy atom. The van der Waals surface area contributed by atoms with Crippen molar-refractivity contribution in [2.45, 2.75) is 89.6 Å². The van der Waals surface area contributed by atoms with Crippen LogP contribution in [-0.4, -0.2) is 61.2 Å². The summed E-state index contributed by atoms with van der Waals surface area (Å²) in [5.74, 6) is 0. The van der Waals surface area contributed by atoms with Crippen LogP contribution in [0.1, 0.15) is 74.6 Å². The number of nitrogens with zero attached hydrogens (tertiary/aromatic N) is 4. The highest BCUT2D eigenvalue weighted by molar-refractivity contribution is 7.36. The summed E-state index contributed by atoms with van der Waals surface area (Å²) in [5, 5.41) is 0. The molecular formula is C48H63N4P. The summed E-state index contributed by atoms with van der Waals surface area (Å²) in [4.78, 5) is 10.3. The predicted octanol–water partition coefficient (Wildman–Crippen LogP) is 10.9. The smallest absolute Gasteiger partial charge is 0.0410 e. The number of allylic oxidation sites excluding steroid dienone is 2. The minimum atomic E-state index is 0.544. The van der Waals surface area contributed by atoms with Crippen molar-refractivity contribution < 1.29 is 0 Å². The van der Waals surface area contributed by atoms with E-state index in [0.29, 0.717) is 12.1 Å². The summed E-state index contributed by atoms with van der Waals surface area (Å²) >= 11 is 0. The van der Waals surface area contributed by atoms with Crippen molar-refractivity contribution >= 4 is 20.0 Å². The number of anilines is 2. The second kappa shape index (κ2) is 20.1. The first-order chi connectivity index (χ1) is 26.0. The molecule has 53 heavy (non-hydrogen) atoms. The number of benzene rings is 4. The van der Waals surface area contributed by atoms with Gasteiger partial charge in [0.1, 0.15) is 0 Å². The molecular weight excluding hydrogens is 664 g/mol. The molecule has 280 valence electrons. The van der Waals surface area contributed by atoms with Crippen molar-refractivity contribution in [3.05, 3.63) is 156 Å². The van der Waals surface area contributed by atoms with Gasteiger partial charge in [0.25, 0.3) is 0 Å². The molecule has 4 aromatic carbocycles. The third-order valence-corrected chi connectivity index (χ3v) is 12.9. The second-order valence-corrected chi connectivity index (χ2v) is 16.3. The number of piperidine rings is 2. The lowest BCUT2D eigenvalue weighted by atomic mass is 10.00. The molecule has 0 unspecified atom stereocenters. The normalized spacial score (nSPS) is 16.0. The maximum atomic E-state index is 4.41. The summed E-state index contributed by atoms with van der Waals surface area (Å²) < 4.78 is 0. The second-order valence-electron chi connectivity index (χ2n) is 15.1. The van der Waals surface area contributed by atoms with Gasteiger partial charge in [0, 0.05) is 74.1 Å². The molecule has 2 aliphatic rings. The van der Waals surface area contributed by atoms with E-state index in [9.17, 15) is 0 Å². The predicted molar refractivity (Wildman–Crippen MR) is 232 cm³/mol. The molecule has 4 nitrogen and oxygen atoms in total. The van der Waals surface area contributed by atoms with E-state index in [0.717, 1.165) is 73.5 Å². The Balaban J connectivity index is 0.864. The lowest BCUT2D eigenvalue weighted by molar-refractivity contribution is 0.213. The molecule has 0 bridgehead atoms. The molecule has 2 fully saturated rings. The van der Waals surface area contributed by atoms with E-state index < -0.39 is 0 Å². The minimum Gasteiger partial charge on any atom is -0.343 e. The molecule has 0 saturated carbocycles. The van der Waals surface area contributed by atoms with Crippen LogP contribution in [0.3, 0.4) is 0 Å². The molecule has 5 heteroatoms. The SMILES string of the molecule is C=C(CC)N(c1ccccc1)C1CCN(CCc2ccc(CPCc3ccc(CCN4CCC(N(C(=C)CC)c5ccccc5)CC4)cc3)cc2)CC1. The van der Waals surface area contributed by atoms with Crippen molar-refractivity contribution in [1.29, 1.82) is 0 Å². The first-order valence-corrected chi connectivity index (χ1v) is 21.8. The summed E-state index contributed by atoms with van der Waals surface area (Å²) in [7, 11) is 0.918. The fourth-order valence-corrected chi connectivity index (χ4v) is 9.37. The molecule has 0 spiro atoms. The number of likely N-dealkylation sites (tertiary alicyclic amines) is 2. The number of para-hydroxylation sites is 2. The fraction of sp³-hybridized carbons (Fsp3) is 0.417. The quantitative estimate of drug-likeness (QED) is 0.0947. The highest BCUT2D eigenvalue weighted by Crippen LogP contribution is 2.30. The average molecular weight is 727 g/mol. The van der Waals surface area contributed by atoms with Crippen LogP contribution in [0.4, 0.5) is 11.4 Å². The summed E-state index contributed by atoms with van der Waals surface area (Å²) in [6.45, 7) is 20.2. The van der Waals surface area contributed by atoms with Crippen molar-refractivity contribution in [3.8, 4) is 0 Å². The van der Waals surface area contributed by atoms with Gasteiger partial charge in [0.05, 0.1) is 0 Å². The Hall–Kier alpha value is -3.69. The third-order valence-electron chi connectivity index (χ3n) is 11.5. The van der Waals surface area contributed by atoms with E-state index >= 15 is 0 Å². The molecule has 0 aliphatic carbocycles.